The van der Waals surface area contributed by atoms with Crippen LogP contribution in [-0.2, 0) is 9.59 Å². The van der Waals surface area contributed by atoms with Crippen LogP contribution in [0.2, 0.25) is 5.02 Å². The Morgan fingerprint density at radius 2 is 1.88 bits per heavy atom. The number of nitrogens with zero attached hydrogens (tertiary/aromatic N) is 1. The number of nitrogens with one attached hydrogen (secondary N) is 1. The molecule has 130 valence electrons. The van der Waals surface area contributed by atoms with E-state index in [2.05, 4.69) is 5.32 Å². The molecule has 1 aliphatic rings. The fourth-order valence-electron chi connectivity index (χ4n) is 3.14. The SMILES string of the molecule is Cc1ccc(N2C[C@@H](C(=O)Nc3ccc(C)c(Cl)c3)CC2=O)c(C)c1. The lowest BCUT2D eigenvalue weighted by molar-refractivity contribution is -0.122. The van der Waals surface area contributed by atoms with Gasteiger partial charge in [0, 0.05) is 29.4 Å². The second-order valence-corrected chi connectivity index (χ2v) is 7.06. The zero-order valence-electron chi connectivity index (χ0n) is 14.6. The van der Waals surface area contributed by atoms with E-state index in [-0.39, 0.29) is 24.2 Å². The van der Waals surface area contributed by atoms with Crippen molar-refractivity contribution in [2.75, 3.05) is 16.8 Å². The maximum atomic E-state index is 12.5. The lowest BCUT2D eigenvalue weighted by Gasteiger charge is -2.19. The molecular formula is C20H21ClN2O2. The predicted octanol–water partition coefficient (Wildman–Crippen LogP) is 4.26. The van der Waals surface area contributed by atoms with Gasteiger partial charge in [0.15, 0.2) is 0 Å². The Morgan fingerprint density at radius 1 is 1.12 bits per heavy atom. The van der Waals surface area contributed by atoms with E-state index in [1.807, 2.05) is 51.1 Å². The number of hydrogen-bond acceptors (Lipinski definition) is 2. The maximum absolute atomic E-state index is 12.5. The van der Waals surface area contributed by atoms with Crippen LogP contribution in [0.1, 0.15) is 23.1 Å². The third-order valence-corrected chi connectivity index (χ3v) is 4.99. The molecule has 1 atom stereocenters. The van der Waals surface area contributed by atoms with E-state index in [0.717, 1.165) is 22.4 Å². The smallest absolute Gasteiger partial charge is 0.229 e. The predicted molar refractivity (Wildman–Crippen MR) is 101 cm³/mol. The molecule has 3 rings (SSSR count). The van der Waals surface area contributed by atoms with E-state index < -0.39 is 0 Å². The summed E-state index contributed by atoms with van der Waals surface area (Å²) in [5, 5.41) is 3.47. The van der Waals surface area contributed by atoms with Gasteiger partial charge in [0.25, 0.3) is 0 Å². The largest absolute Gasteiger partial charge is 0.326 e. The zero-order valence-corrected chi connectivity index (χ0v) is 15.4. The summed E-state index contributed by atoms with van der Waals surface area (Å²) in [5.41, 5.74) is 4.68. The zero-order chi connectivity index (χ0) is 18.1. The molecule has 0 aliphatic carbocycles. The van der Waals surface area contributed by atoms with Crippen molar-refractivity contribution < 1.29 is 9.59 Å². The number of amides is 2. The molecule has 5 heteroatoms. The molecule has 2 aromatic carbocycles. The molecule has 0 unspecified atom stereocenters. The van der Waals surface area contributed by atoms with Crippen molar-refractivity contribution in [1.82, 2.24) is 0 Å². The maximum Gasteiger partial charge on any atom is 0.229 e. The van der Waals surface area contributed by atoms with Crippen LogP contribution in [0.5, 0.6) is 0 Å². The van der Waals surface area contributed by atoms with Crippen LogP contribution in [0.25, 0.3) is 0 Å². The van der Waals surface area contributed by atoms with Crippen molar-refractivity contribution in [1.29, 1.82) is 0 Å². The average Bonchev–Trinajstić information content (AvgIpc) is 2.93. The number of rotatable bonds is 3. The summed E-state index contributed by atoms with van der Waals surface area (Å²) in [4.78, 5) is 26.7. The molecule has 0 aromatic heterocycles. The molecule has 2 amide bonds. The average molecular weight is 357 g/mol. The van der Waals surface area contributed by atoms with E-state index in [9.17, 15) is 9.59 Å². The van der Waals surface area contributed by atoms with Crippen LogP contribution in [0.15, 0.2) is 36.4 Å². The van der Waals surface area contributed by atoms with E-state index in [1.165, 1.54) is 0 Å². The van der Waals surface area contributed by atoms with Crippen molar-refractivity contribution >= 4 is 34.8 Å². The molecule has 25 heavy (non-hydrogen) atoms. The Bertz CT molecular complexity index is 848. The lowest BCUT2D eigenvalue weighted by atomic mass is 10.1. The summed E-state index contributed by atoms with van der Waals surface area (Å²) in [6.07, 6.45) is 0.221. The first-order valence-electron chi connectivity index (χ1n) is 8.30. The highest BCUT2D eigenvalue weighted by atomic mass is 35.5. The Hall–Kier alpha value is -2.33. The van der Waals surface area contributed by atoms with Crippen LogP contribution in [-0.4, -0.2) is 18.4 Å². The molecule has 0 radical (unpaired) electrons. The first-order valence-corrected chi connectivity index (χ1v) is 8.67. The first kappa shape index (κ1) is 17.5. The summed E-state index contributed by atoms with van der Waals surface area (Å²) in [6, 6.07) is 11.4. The fourth-order valence-corrected chi connectivity index (χ4v) is 3.32. The number of halogens is 1. The number of carbonyl (C=O) groups is 2. The second kappa shape index (κ2) is 6.89. The molecule has 1 N–H and O–H groups in total. The number of anilines is 2. The molecule has 1 saturated heterocycles. The van der Waals surface area contributed by atoms with Gasteiger partial charge in [-0.3, -0.25) is 9.59 Å². The molecule has 0 spiro atoms. The minimum atomic E-state index is -0.367. The van der Waals surface area contributed by atoms with Crippen molar-refractivity contribution in [2.45, 2.75) is 27.2 Å². The van der Waals surface area contributed by atoms with Gasteiger partial charge in [-0.25, -0.2) is 0 Å². The van der Waals surface area contributed by atoms with Gasteiger partial charge in [0.1, 0.15) is 0 Å². The van der Waals surface area contributed by atoms with Crippen molar-refractivity contribution in [3.8, 4) is 0 Å². The Morgan fingerprint density at radius 3 is 2.56 bits per heavy atom. The van der Waals surface area contributed by atoms with Crippen LogP contribution in [0.4, 0.5) is 11.4 Å². The highest BCUT2D eigenvalue weighted by Crippen LogP contribution is 2.29. The van der Waals surface area contributed by atoms with Gasteiger partial charge in [0.2, 0.25) is 11.8 Å². The van der Waals surface area contributed by atoms with Gasteiger partial charge < -0.3 is 10.2 Å². The van der Waals surface area contributed by atoms with Gasteiger partial charge in [-0.2, -0.15) is 0 Å². The van der Waals surface area contributed by atoms with E-state index in [0.29, 0.717) is 17.3 Å². The molecule has 0 saturated carbocycles. The van der Waals surface area contributed by atoms with Crippen molar-refractivity contribution in [2.24, 2.45) is 5.92 Å². The second-order valence-electron chi connectivity index (χ2n) is 6.65. The molecule has 1 heterocycles. The third-order valence-electron chi connectivity index (χ3n) is 4.58. The summed E-state index contributed by atoms with van der Waals surface area (Å²) < 4.78 is 0. The molecule has 4 nitrogen and oxygen atoms in total. The van der Waals surface area contributed by atoms with Crippen LogP contribution < -0.4 is 10.2 Å². The molecule has 1 fully saturated rings. The summed E-state index contributed by atoms with van der Waals surface area (Å²) >= 11 is 6.10. The quantitative estimate of drug-likeness (QED) is 0.893. The van der Waals surface area contributed by atoms with Crippen LogP contribution in [0.3, 0.4) is 0 Å². The summed E-state index contributed by atoms with van der Waals surface area (Å²) in [7, 11) is 0. The molecule has 0 bridgehead atoms. The van der Waals surface area contributed by atoms with E-state index >= 15 is 0 Å². The minimum Gasteiger partial charge on any atom is -0.326 e. The van der Waals surface area contributed by atoms with Gasteiger partial charge in [0.05, 0.1) is 5.92 Å². The minimum absolute atomic E-state index is 0.0194. The molecule has 2 aromatic rings. The van der Waals surface area contributed by atoms with Gasteiger partial charge in [-0.1, -0.05) is 35.4 Å². The van der Waals surface area contributed by atoms with Gasteiger partial charge in [-0.05, 0) is 50.1 Å². The molecule has 1 aliphatic heterocycles. The topological polar surface area (TPSA) is 49.4 Å². The fraction of sp³-hybridized carbons (Fsp3) is 0.300. The van der Waals surface area contributed by atoms with E-state index in [1.54, 1.807) is 11.0 Å². The summed E-state index contributed by atoms with van der Waals surface area (Å²) in [6.45, 7) is 6.31. The summed E-state index contributed by atoms with van der Waals surface area (Å²) in [5.74, 6) is -0.539. The lowest BCUT2D eigenvalue weighted by Crippen LogP contribution is -2.28. The van der Waals surface area contributed by atoms with E-state index in [4.69, 9.17) is 11.6 Å². The Kier molecular flexibility index (Phi) is 4.82. The highest BCUT2D eigenvalue weighted by molar-refractivity contribution is 6.31. The number of benzene rings is 2. The van der Waals surface area contributed by atoms with Gasteiger partial charge >= 0.3 is 0 Å². The van der Waals surface area contributed by atoms with Crippen molar-refractivity contribution in [3.05, 3.63) is 58.1 Å². The monoisotopic (exact) mass is 356 g/mol. The number of carbonyl (C=O) groups excluding carboxylic acids is 2. The molecular weight excluding hydrogens is 336 g/mol. The Balaban J connectivity index is 1.73. The van der Waals surface area contributed by atoms with Crippen LogP contribution >= 0.6 is 11.6 Å². The standard InChI is InChI=1S/C20H21ClN2O2/c1-12-4-7-18(14(3)8-12)23-11-15(9-19(23)24)20(25)22-16-6-5-13(2)17(21)10-16/h4-8,10,15H,9,11H2,1-3H3,(H,22,25)/t15-/m0/s1. The number of hydrogen-bond donors (Lipinski definition) is 1. The normalized spacial score (nSPS) is 17.0. The van der Waals surface area contributed by atoms with Crippen molar-refractivity contribution in [3.63, 3.8) is 0 Å². The highest BCUT2D eigenvalue weighted by Gasteiger charge is 2.35. The van der Waals surface area contributed by atoms with Gasteiger partial charge in [-0.15, -0.1) is 0 Å². The number of aryl methyl sites for hydroxylation is 3. The Labute approximate surface area is 152 Å². The van der Waals surface area contributed by atoms with Crippen LogP contribution in [0, 0.1) is 26.7 Å². The third kappa shape index (κ3) is 3.69. The first-order chi connectivity index (χ1) is 11.8.